The molecule has 0 aliphatic rings. The number of hydrogen-bond donors (Lipinski definition) is 1. The zero-order valence-corrected chi connectivity index (χ0v) is 11.5. The molecular weight excluding hydrogens is 268 g/mol. The van der Waals surface area contributed by atoms with Gasteiger partial charge in [-0.3, -0.25) is 0 Å². The molecule has 0 amide bonds. The Kier molecular flexibility index (Phi) is 4.05. The van der Waals surface area contributed by atoms with E-state index < -0.39 is 4.92 Å². The molecule has 0 atom stereocenters. The number of nitrogens with zero attached hydrogens (tertiary/aromatic N) is 5. The first-order chi connectivity index (χ1) is 9.10. The van der Waals surface area contributed by atoms with Crippen molar-refractivity contribution in [2.24, 2.45) is 0 Å². The molecule has 2 heterocycles. The van der Waals surface area contributed by atoms with Gasteiger partial charge in [-0.05, 0) is 18.3 Å². The molecule has 0 aromatic carbocycles. The molecule has 0 saturated carbocycles. The lowest BCUT2D eigenvalue weighted by molar-refractivity contribution is -0.390. The van der Waals surface area contributed by atoms with Gasteiger partial charge in [0.15, 0.2) is 0 Å². The fourth-order valence-electron chi connectivity index (χ4n) is 1.53. The second kappa shape index (κ2) is 5.74. The highest BCUT2D eigenvalue weighted by Crippen LogP contribution is 2.18. The first kappa shape index (κ1) is 13.4. The van der Waals surface area contributed by atoms with Gasteiger partial charge < -0.3 is 15.4 Å². The van der Waals surface area contributed by atoms with Gasteiger partial charge in [-0.1, -0.05) is 18.3 Å². The highest BCUT2D eigenvalue weighted by molar-refractivity contribution is 7.15. The number of aromatic nitrogens is 4. The highest BCUT2D eigenvalue weighted by atomic mass is 32.1. The summed E-state index contributed by atoms with van der Waals surface area (Å²) in [6.45, 7) is 4.97. The Morgan fingerprint density at radius 3 is 2.95 bits per heavy atom. The van der Waals surface area contributed by atoms with E-state index in [4.69, 9.17) is 0 Å². The van der Waals surface area contributed by atoms with Crippen LogP contribution in [-0.2, 0) is 6.54 Å². The molecule has 0 unspecified atom stereocenters. The molecule has 0 fully saturated rings. The SMILES string of the molecule is CCCNc1nnc(Cn2cc(C)c([N+](=O)[O-])n2)s1. The number of aryl methyl sites for hydroxylation is 1. The maximum atomic E-state index is 10.7. The van der Waals surface area contributed by atoms with Crippen molar-refractivity contribution in [3.63, 3.8) is 0 Å². The zero-order valence-electron chi connectivity index (χ0n) is 10.7. The maximum absolute atomic E-state index is 10.7. The normalized spacial score (nSPS) is 10.6. The lowest BCUT2D eigenvalue weighted by Gasteiger charge is -1.95. The van der Waals surface area contributed by atoms with Crippen molar-refractivity contribution in [2.75, 3.05) is 11.9 Å². The van der Waals surface area contributed by atoms with Crippen LogP contribution < -0.4 is 5.32 Å². The van der Waals surface area contributed by atoms with E-state index in [0.29, 0.717) is 12.1 Å². The number of nitro groups is 1. The number of hydrogen-bond acceptors (Lipinski definition) is 7. The largest absolute Gasteiger partial charge is 0.392 e. The molecule has 0 radical (unpaired) electrons. The van der Waals surface area contributed by atoms with Crippen LogP contribution in [0.5, 0.6) is 0 Å². The van der Waals surface area contributed by atoms with E-state index in [1.165, 1.54) is 16.0 Å². The molecule has 0 bridgehead atoms. The third-order valence-corrected chi connectivity index (χ3v) is 3.25. The number of anilines is 1. The summed E-state index contributed by atoms with van der Waals surface area (Å²) in [7, 11) is 0. The van der Waals surface area contributed by atoms with Crippen molar-refractivity contribution >= 4 is 22.3 Å². The Morgan fingerprint density at radius 1 is 1.53 bits per heavy atom. The van der Waals surface area contributed by atoms with Gasteiger partial charge in [0.1, 0.15) is 11.6 Å². The first-order valence-corrected chi connectivity index (χ1v) is 6.66. The molecule has 19 heavy (non-hydrogen) atoms. The summed E-state index contributed by atoms with van der Waals surface area (Å²) in [5.74, 6) is -0.117. The molecular formula is C10H14N6O2S. The molecule has 102 valence electrons. The van der Waals surface area contributed by atoms with Gasteiger partial charge in [-0.25, -0.2) is 0 Å². The molecule has 2 aromatic heterocycles. The minimum atomic E-state index is -0.486. The van der Waals surface area contributed by atoms with E-state index in [1.807, 2.05) is 0 Å². The fraction of sp³-hybridized carbons (Fsp3) is 0.500. The molecule has 0 saturated heterocycles. The van der Waals surface area contributed by atoms with Crippen molar-refractivity contribution in [1.82, 2.24) is 20.0 Å². The second-order valence-corrected chi connectivity index (χ2v) is 5.08. The third-order valence-electron chi connectivity index (χ3n) is 2.38. The predicted octanol–water partition coefficient (Wildman–Crippen LogP) is 1.82. The molecule has 9 heteroatoms. The summed E-state index contributed by atoms with van der Waals surface area (Å²) in [6.07, 6.45) is 2.65. The van der Waals surface area contributed by atoms with Crippen LogP contribution in [0.25, 0.3) is 0 Å². The lowest BCUT2D eigenvalue weighted by atomic mass is 10.4. The quantitative estimate of drug-likeness (QED) is 0.641. The summed E-state index contributed by atoms with van der Waals surface area (Å²) in [6, 6.07) is 0. The zero-order chi connectivity index (χ0) is 13.8. The molecule has 2 aromatic rings. The minimum absolute atomic E-state index is 0.117. The van der Waals surface area contributed by atoms with Crippen LogP contribution in [0.1, 0.15) is 23.9 Å². The summed E-state index contributed by atoms with van der Waals surface area (Å²) < 4.78 is 1.51. The van der Waals surface area contributed by atoms with Crippen LogP contribution in [-0.4, -0.2) is 31.4 Å². The molecule has 2 rings (SSSR count). The van der Waals surface area contributed by atoms with Gasteiger partial charge in [0.05, 0.1) is 16.9 Å². The molecule has 0 aliphatic heterocycles. The van der Waals surface area contributed by atoms with Crippen molar-refractivity contribution in [1.29, 1.82) is 0 Å². The highest BCUT2D eigenvalue weighted by Gasteiger charge is 2.18. The van der Waals surface area contributed by atoms with Crippen LogP contribution in [0.15, 0.2) is 6.20 Å². The van der Waals surface area contributed by atoms with E-state index in [2.05, 4.69) is 27.5 Å². The monoisotopic (exact) mass is 282 g/mol. The summed E-state index contributed by atoms with van der Waals surface area (Å²) in [5, 5.41) is 27.3. The van der Waals surface area contributed by atoms with E-state index >= 15 is 0 Å². The Balaban J connectivity index is 2.06. The fourth-order valence-corrected chi connectivity index (χ4v) is 2.29. The van der Waals surface area contributed by atoms with Gasteiger partial charge in [0, 0.05) is 6.54 Å². The minimum Gasteiger partial charge on any atom is -0.360 e. The molecule has 0 spiro atoms. The smallest absolute Gasteiger partial charge is 0.360 e. The summed E-state index contributed by atoms with van der Waals surface area (Å²) in [5.41, 5.74) is 0.541. The van der Waals surface area contributed by atoms with Crippen LogP contribution in [0, 0.1) is 17.0 Å². The average molecular weight is 282 g/mol. The van der Waals surface area contributed by atoms with Crippen molar-refractivity contribution < 1.29 is 4.92 Å². The van der Waals surface area contributed by atoms with Gasteiger partial charge in [0.25, 0.3) is 0 Å². The Labute approximate surface area is 113 Å². The van der Waals surface area contributed by atoms with Crippen molar-refractivity contribution in [3.05, 3.63) is 26.9 Å². The first-order valence-electron chi connectivity index (χ1n) is 5.85. The van der Waals surface area contributed by atoms with Crippen LogP contribution in [0.2, 0.25) is 0 Å². The van der Waals surface area contributed by atoms with Crippen molar-refractivity contribution in [3.8, 4) is 0 Å². The Morgan fingerprint density at radius 2 is 2.32 bits per heavy atom. The number of nitrogens with one attached hydrogen (secondary N) is 1. The van der Waals surface area contributed by atoms with Crippen LogP contribution in [0.4, 0.5) is 10.9 Å². The van der Waals surface area contributed by atoms with E-state index in [1.54, 1.807) is 13.1 Å². The second-order valence-electron chi connectivity index (χ2n) is 4.02. The van der Waals surface area contributed by atoms with Crippen molar-refractivity contribution in [2.45, 2.75) is 26.8 Å². The predicted molar refractivity (Wildman–Crippen MR) is 71.4 cm³/mol. The van der Waals surface area contributed by atoms with E-state index in [-0.39, 0.29) is 5.82 Å². The Hall–Kier alpha value is -2.03. The standard InChI is InChI=1S/C10H14N6O2S/c1-3-4-11-10-13-12-8(19-10)6-15-5-7(2)9(14-15)16(17)18/h5H,3-4,6H2,1-2H3,(H,11,13). The lowest BCUT2D eigenvalue weighted by Crippen LogP contribution is -2.00. The maximum Gasteiger partial charge on any atom is 0.392 e. The van der Waals surface area contributed by atoms with Gasteiger partial charge in [-0.15, -0.1) is 10.2 Å². The summed E-state index contributed by atoms with van der Waals surface area (Å²) in [4.78, 5) is 10.2. The van der Waals surface area contributed by atoms with Gasteiger partial charge >= 0.3 is 5.82 Å². The summed E-state index contributed by atoms with van der Waals surface area (Å²) >= 11 is 1.43. The van der Waals surface area contributed by atoms with E-state index in [0.717, 1.165) is 23.1 Å². The average Bonchev–Trinajstić information content (AvgIpc) is 2.94. The van der Waals surface area contributed by atoms with Crippen LogP contribution in [0.3, 0.4) is 0 Å². The molecule has 1 N–H and O–H groups in total. The van der Waals surface area contributed by atoms with E-state index in [9.17, 15) is 10.1 Å². The molecule has 0 aliphatic carbocycles. The Bertz CT molecular complexity index is 578. The van der Waals surface area contributed by atoms with Crippen LogP contribution >= 0.6 is 11.3 Å². The van der Waals surface area contributed by atoms with Gasteiger partial charge in [0.2, 0.25) is 5.13 Å². The molecule has 8 nitrogen and oxygen atoms in total. The topological polar surface area (TPSA) is 98.8 Å². The third kappa shape index (κ3) is 3.25. The number of rotatable bonds is 6. The van der Waals surface area contributed by atoms with Gasteiger partial charge in [-0.2, -0.15) is 4.68 Å².